The maximum Gasteiger partial charge on any atom is 0.0914 e. The van der Waals surface area contributed by atoms with Crippen LogP contribution < -0.4 is 0 Å². The fourth-order valence-electron chi connectivity index (χ4n) is 2.44. The van der Waals surface area contributed by atoms with Crippen molar-refractivity contribution in [3.05, 3.63) is 0 Å². The summed E-state index contributed by atoms with van der Waals surface area (Å²) in [6.07, 6.45) is 4.76. The number of hydrogen-bond acceptors (Lipinski definition) is 3. The molecule has 1 aliphatic heterocycles. The van der Waals surface area contributed by atoms with Gasteiger partial charge in [0, 0.05) is 12.0 Å². The lowest BCUT2D eigenvalue weighted by atomic mass is 9.80. The quantitative estimate of drug-likeness (QED) is 0.669. The third kappa shape index (κ3) is 2.41. The Morgan fingerprint density at radius 2 is 1.88 bits per heavy atom. The van der Waals surface area contributed by atoms with Crippen LogP contribution >= 0.6 is 0 Å². The summed E-state index contributed by atoms with van der Waals surface area (Å²) in [4.78, 5) is 0. The smallest absolute Gasteiger partial charge is 0.0914 e. The van der Waals surface area contributed by atoms with Gasteiger partial charge in [0.25, 0.3) is 0 Å². The molecule has 2 aliphatic rings. The maximum atomic E-state index is 5.89. The molecule has 0 spiro atoms. The summed E-state index contributed by atoms with van der Waals surface area (Å²) in [5, 5.41) is 0. The highest BCUT2D eigenvalue weighted by atomic mass is 16.5. The van der Waals surface area contributed by atoms with Gasteiger partial charge >= 0.3 is 0 Å². The Kier molecular flexibility index (Phi) is 3.88. The van der Waals surface area contributed by atoms with Crippen LogP contribution in [0.2, 0.25) is 0 Å². The fourth-order valence-corrected chi connectivity index (χ4v) is 2.44. The van der Waals surface area contributed by atoms with Crippen molar-refractivity contribution in [1.82, 2.24) is 0 Å². The van der Waals surface area contributed by atoms with E-state index in [9.17, 15) is 0 Å². The molecule has 1 saturated heterocycles. The second-order valence-corrected chi connectivity index (χ2v) is 5.31. The number of ether oxygens (including phenoxy) is 3. The first-order valence-corrected chi connectivity index (χ1v) is 6.54. The molecule has 0 N–H and O–H groups in total. The van der Waals surface area contributed by atoms with Gasteiger partial charge in [0.2, 0.25) is 0 Å². The molecule has 3 nitrogen and oxygen atoms in total. The average molecular weight is 228 g/mol. The normalized spacial score (nSPS) is 25.9. The van der Waals surface area contributed by atoms with E-state index >= 15 is 0 Å². The molecule has 1 aliphatic carbocycles. The minimum absolute atomic E-state index is 0.0499. The lowest BCUT2D eigenvalue weighted by Gasteiger charge is -2.44. The van der Waals surface area contributed by atoms with Crippen LogP contribution in [0.4, 0.5) is 0 Å². The van der Waals surface area contributed by atoms with Crippen molar-refractivity contribution in [1.29, 1.82) is 0 Å². The molecule has 1 saturated carbocycles. The summed E-state index contributed by atoms with van der Waals surface area (Å²) < 4.78 is 17.0. The Morgan fingerprint density at radius 3 is 2.25 bits per heavy atom. The lowest BCUT2D eigenvalue weighted by molar-refractivity contribution is -0.184. The van der Waals surface area contributed by atoms with E-state index in [-0.39, 0.29) is 5.60 Å². The van der Waals surface area contributed by atoms with Crippen LogP contribution in [0.3, 0.4) is 0 Å². The molecule has 0 unspecified atom stereocenters. The molecule has 3 heteroatoms. The second-order valence-electron chi connectivity index (χ2n) is 5.31. The molecule has 2 rings (SSSR count). The van der Waals surface area contributed by atoms with Crippen LogP contribution in [0, 0.1) is 5.41 Å². The number of hydrogen-bond donors (Lipinski definition) is 0. The lowest BCUT2D eigenvalue weighted by Crippen LogP contribution is -2.49. The first-order chi connectivity index (χ1) is 7.74. The predicted octanol–water partition coefficient (Wildman–Crippen LogP) is 2.39. The second kappa shape index (κ2) is 5.03. The standard InChI is InChI=1S/C13H24O3/c1-3-12(8-14-9-12)10-15-11-13(16-4-2)6-5-7-13/h3-11H2,1-2H3. The van der Waals surface area contributed by atoms with E-state index < -0.39 is 0 Å². The molecule has 0 bridgehead atoms. The zero-order valence-electron chi connectivity index (χ0n) is 10.6. The molecule has 2 fully saturated rings. The van der Waals surface area contributed by atoms with Crippen molar-refractivity contribution in [3.63, 3.8) is 0 Å². The minimum Gasteiger partial charge on any atom is -0.380 e. The van der Waals surface area contributed by atoms with Crippen LogP contribution in [-0.2, 0) is 14.2 Å². The van der Waals surface area contributed by atoms with Crippen molar-refractivity contribution < 1.29 is 14.2 Å². The molecule has 0 amide bonds. The molecule has 0 atom stereocenters. The molecule has 94 valence electrons. The molecule has 1 heterocycles. The van der Waals surface area contributed by atoms with E-state index in [0.717, 1.165) is 52.3 Å². The van der Waals surface area contributed by atoms with E-state index in [1.54, 1.807) is 0 Å². The molecule has 0 aromatic carbocycles. The summed E-state index contributed by atoms with van der Waals surface area (Å²) in [5.41, 5.74) is 0.353. The molecular formula is C13H24O3. The van der Waals surface area contributed by atoms with E-state index in [0.29, 0.717) is 5.41 Å². The first kappa shape index (κ1) is 12.3. The summed E-state index contributed by atoms with van der Waals surface area (Å²) >= 11 is 0. The van der Waals surface area contributed by atoms with Gasteiger partial charge in [-0.05, 0) is 32.6 Å². The zero-order chi connectivity index (χ0) is 11.5. The molecule has 0 aromatic heterocycles. The highest BCUT2D eigenvalue weighted by molar-refractivity contribution is 4.90. The van der Waals surface area contributed by atoms with Crippen LogP contribution in [0.5, 0.6) is 0 Å². The highest BCUT2D eigenvalue weighted by Crippen LogP contribution is 2.37. The summed E-state index contributed by atoms with van der Waals surface area (Å²) in [7, 11) is 0. The molecule has 0 aromatic rings. The van der Waals surface area contributed by atoms with Gasteiger partial charge in [-0.2, -0.15) is 0 Å². The summed E-state index contributed by atoms with van der Waals surface area (Å²) in [6.45, 7) is 8.41. The van der Waals surface area contributed by atoms with Crippen molar-refractivity contribution in [2.75, 3.05) is 33.0 Å². The topological polar surface area (TPSA) is 27.7 Å². The van der Waals surface area contributed by atoms with Crippen molar-refractivity contribution >= 4 is 0 Å². The minimum atomic E-state index is 0.0499. The van der Waals surface area contributed by atoms with Gasteiger partial charge in [-0.1, -0.05) is 6.92 Å². The Labute approximate surface area is 98.4 Å². The highest BCUT2D eigenvalue weighted by Gasteiger charge is 2.41. The van der Waals surface area contributed by atoms with Gasteiger partial charge in [0.05, 0.1) is 32.0 Å². The molecule has 16 heavy (non-hydrogen) atoms. The monoisotopic (exact) mass is 228 g/mol. The van der Waals surface area contributed by atoms with Crippen molar-refractivity contribution in [3.8, 4) is 0 Å². The van der Waals surface area contributed by atoms with Crippen LogP contribution in [-0.4, -0.2) is 38.6 Å². The molecular weight excluding hydrogens is 204 g/mol. The third-order valence-electron chi connectivity index (χ3n) is 4.06. The SMILES string of the molecule is CCOC1(COCC2(CC)COC2)CCC1. The first-order valence-electron chi connectivity index (χ1n) is 6.54. The number of rotatable bonds is 7. The predicted molar refractivity (Wildman–Crippen MR) is 62.6 cm³/mol. The maximum absolute atomic E-state index is 5.89. The Hall–Kier alpha value is -0.120. The van der Waals surface area contributed by atoms with Crippen molar-refractivity contribution in [2.45, 2.75) is 45.1 Å². The van der Waals surface area contributed by atoms with E-state index in [1.807, 2.05) is 0 Å². The average Bonchev–Trinajstić information content (AvgIpc) is 2.18. The van der Waals surface area contributed by atoms with Crippen molar-refractivity contribution in [2.24, 2.45) is 5.41 Å². The van der Waals surface area contributed by atoms with Crippen LogP contribution in [0.1, 0.15) is 39.5 Å². The Bertz CT molecular complexity index is 214. The van der Waals surface area contributed by atoms with Gasteiger partial charge in [-0.3, -0.25) is 0 Å². The largest absolute Gasteiger partial charge is 0.380 e. The van der Waals surface area contributed by atoms with Gasteiger partial charge in [-0.25, -0.2) is 0 Å². The third-order valence-corrected chi connectivity index (χ3v) is 4.06. The van der Waals surface area contributed by atoms with Crippen LogP contribution in [0.15, 0.2) is 0 Å². The molecule has 0 radical (unpaired) electrons. The Morgan fingerprint density at radius 1 is 1.12 bits per heavy atom. The summed E-state index contributed by atoms with van der Waals surface area (Å²) in [6, 6.07) is 0. The van der Waals surface area contributed by atoms with Gasteiger partial charge < -0.3 is 14.2 Å². The summed E-state index contributed by atoms with van der Waals surface area (Å²) in [5.74, 6) is 0. The van der Waals surface area contributed by atoms with E-state index in [4.69, 9.17) is 14.2 Å². The Balaban J connectivity index is 1.70. The van der Waals surface area contributed by atoms with Gasteiger partial charge in [0.1, 0.15) is 0 Å². The van der Waals surface area contributed by atoms with E-state index in [2.05, 4.69) is 13.8 Å². The van der Waals surface area contributed by atoms with E-state index in [1.165, 1.54) is 6.42 Å². The zero-order valence-corrected chi connectivity index (χ0v) is 10.6. The van der Waals surface area contributed by atoms with Crippen LogP contribution in [0.25, 0.3) is 0 Å². The fraction of sp³-hybridized carbons (Fsp3) is 1.00. The van der Waals surface area contributed by atoms with Gasteiger partial charge in [-0.15, -0.1) is 0 Å². The van der Waals surface area contributed by atoms with Gasteiger partial charge in [0.15, 0.2) is 0 Å².